The van der Waals surface area contributed by atoms with Crippen LogP contribution in [0.3, 0.4) is 0 Å². The van der Waals surface area contributed by atoms with Crippen LogP contribution in [-0.2, 0) is 0 Å². The molecule has 1 aromatic heterocycles. The summed E-state index contributed by atoms with van der Waals surface area (Å²) in [5.74, 6) is 0.619. The Balaban J connectivity index is 2.73. The minimum absolute atomic E-state index is 0.568. The molecule has 15 heavy (non-hydrogen) atoms. The van der Waals surface area contributed by atoms with Crippen LogP contribution in [0.4, 0.5) is 0 Å². The van der Waals surface area contributed by atoms with Crippen molar-refractivity contribution in [3.63, 3.8) is 0 Å². The quantitative estimate of drug-likeness (QED) is 0.770. The fraction of sp³-hybridized carbons (Fsp3) is 0.545. The molecular weight excluding hydrogens is 194 g/mol. The van der Waals surface area contributed by atoms with E-state index >= 15 is 0 Å². The Morgan fingerprint density at radius 2 is 2.13 bits per heavy atom. The van der Waals surface area contributed by atoms with Gasteiger partial charge in [-0.1, -0.05) is 6.92 Å². The molecule has 0 amide bonds. The molecule has 2 atom stereocenters. The van der Waals surface area contributed by atoms with Gasteiger partial charge in [-0.2, -0.15) is 0 Å². The van der Waals surface area contributed by atoms with Crippen molar-refractivity contribution >= 4 is 0 Å². The van der Waals surface area contributed by atoms with E-state index in [2.05, 4.69) is 4.98 Å². The molecule has 0 bridgehead atoms. The van der Waals surface area contributed by atoms with E-state index in [0.29, 0.717) is 17.9 Å². The Bertz CT molecular complexity index is 302. The highest BCUT2D eigenvalue weighted by Gasteiger charge is 2.14. The molecular formula is C11H17NO3. The number of hydrogen-bond donors (Lipinski definition) is 2. The zero-order valence-electron chi connectivity index (χ0n) is 9.05. The lowest BCUT2D eigenvalue weighted by Crippen LogP contribution is -2.14. The summed E-state index contributed by atoms with van der Waals surface area (Å²) in [6, 6.07) is 1.69. The van der Waals surface area contributed by atoms with E-state index in [4.69, 9.17) is 4.74 Å². The average molecular weight is 211 g/mol. The largest absolute Gasteiger partial charge is 0.492 e. The molecule has 0 aliphatic rings. The highest BCUT2D eigenvalue weighted by molar-refractivity contribution is 5.25. The van der Waals surface area contributed by atoms with Gasteiger partial charge in [0, 0.05) is 11.8 Å². The number of ether oxygens (including phenoxy) is 1. The Hall–Kier alpha value is -1.13. The lowest BCUT2D eigenvalue weighted by atomic mass is 10.1. The number of hydrogen-bond acceptors (Lipinski definition) is 4. The number of rotatable bonds is 5. The van der Waals surface area contributed by atoms with Gasteiger partial charge in [-0.15, -0.1) is 0 Å². The first kappa shape index (κ1) is 11.9. The van der Waals surface area contributed by atoms with Gasteiger partial charge in [0.15, 0.2) is 0 Å². The van der Waals surface area contributed by atoms with E-state index in [9.17, 15) is 10.2 Å². The van der Waals surface area contributed by atoms with Gasteiger partial charge in [0.1, 0.15) is 11.9 Å². The topological polar surface area (TPSA) is 62.6 Å². The van der Waals surface area contributed by atoms with Gasteiger partial charge in [-0.05, 0) is 19.4 Å². The summed E-state index contributed by atoms with van der Waals surface area (Å²) in [4.78, 5) is 3.94. The van der Waals surface area contributed by atoms with Gasteiger partial charge < -0.3 is 14.9 Å². The average Bonchev–Trinajstić information content (AvgIpc) is 2.25. The second-order valence-electron chi connectivity index (χ2n) is 3.49. The molecule has 1 heterocycles. The second kappa shape index (κ2) is 5.68. The van der Waals surface area contributed by atoms with Crippen molar-refractivity contribution < 1.29 is 14.9 Å². The van der Waals surface area contributed by atoms with Crippen molar-refractivity contribution in [1.29, 1.82) is 0 Å². The Kier molecular flexibility index (Phi) is 4.52. The van der Waals surface area contributed by atoms with Crippen LogP contribution < -0.4 is 4.74 Å². The molecule has 2 N–H and O–H groups in total. The summed E-state index contributed by atoms with van der Waals surface area (Å²) in [7, 11) is 0. The first-order chi connectivity index (χ1) is 7.15. The fourth-order valence-corrected chi connectivity index (χ4v) is 1.17. The molecule has 1 rings (SSSR count). The lowest BCUT2D eigenvalue weighted by Gasteiger charge is -2.14. The maximum Gasteiger partial charge on any atom is 0.137 e. The van der Waals surface area contributed by atoms with Crippen LogP contribution in [0, 0.1) is 0 Å². The van der Waals surface area contributed by atoms with Crippen LogP contribution in [0.2, 0.25) is 0 Å². The summed E-state index contributed by atoms with van der Waals surface area (Å²) < 4.78 is 5.37. The second-order valence-corrected chi connectivity index (χ2v) is 3.49. The molecule has 0 saturated carbocycles. The lowest BCUT2D eigenvalue weighted by molar-refractivity contribution is 0.0302. The maximum atomic E-state index is 9.60. The zero-order valence-corrected chi connectivity index (χ0v) is 9.05. The molecule has 1 aromatic rings. The predicted octanol–water partition coefficient (Wildman–Crippen LogP) is 1.28. The first-order valence-electron chi connectivity index (χ1n) is 5.09. The Morgan fingerprint density at radius 3 is 2.73 bits per heavy atom. The monoisotopic (exact) mass is 211 g/mol. The summed E-state index contributed by atoms with van der Waals surface area (Å²) in [6.45, 7) is 4.17. The minimum Gasteiger partial charge on any atom is -0.492 e. The van der Waals surface area contributed by atoms with Crippen molar-refractivity contribution in [1.82, 2.24) is 4.98 Å². The number of aliphatic hydroxyl groups is 2. The van der Waals surface area contributed by atoms with E-state index < -0.39 is 12.2 Å². The third kappa shape index (κ3) is 3.49. The third-order valence-corrected chi connectivity index (χ3v) is 2.01. The standard InChI is InChI=1S/C11H17NO3/c1-3-4-15-10-5-9(6-12-7-10)11(14)8(2)13/h5-8,11,13-14H,3-4H2,1-2H3. The summed E-state index contributed by atoms with van der Waals surface area (Å²) in [5.41, 5.74) is 0.568. The normalized spacial score (nSPS) is 14.7. The summed E-state index contributed by atoms with van der Waals surface area (Å²) >= 11 is 0. The van der Waals surface area contributed by atoms with Crippen molar-refractivity contribution in [2.45, 2.75) is 32.5 Å². The maximum absolute atomic E-state index is 9.60. The zero-order chi connectivity index (χ0) is 11.3. The van der Waals surface area contributed by atoms with Gasteiger partial charge in [0.25, 0.3) is 0 Å². The van der Waals surface area contributed by atoms with Gasteiger partial charge >= 0.3 is 0 Å². The molecule has 0 aliphatic carbocycles. The Morgan fingerprint density at radius 1 is 1.40 bits per heavy atom. The smallest absolute Gasteiger partial charge is 0.137 e. The van der Waals surface area contributed by atoms with E-state index in [0.717, 1.165) is 6.42 Å². The van der Waals surface area contributed by atoms with Crippen molar-refractivity contribution in [2.24, 2.45) is 0 Å². The molecule has 0 saturated heterocycles. The van der Waals surface area contributed by atoms with Crippen LogP contribution in [-0.4, -0.2) is 27.9 Å². The van der Waals surface area contributed by atoms with Crippen LogP contribution in [0.5, 0.6) is 5.75 Å². The molecule has 0 aliphatic heterocycles. The Labute approximate surface area is 89.5 Å². The van der Waals surface area contributed by atoms with E-state index in [-0.39, 0.29) is 0 Å². The van der Waals surface area contributed by atoms with Crippen LogP contribution >= 0.6 is 0 Å². The molecule has 0 spiro atoms. The number of aromatic nitrogens is 1. The number of pyridine rings is 1. The van der Waals surface area contributed by atoms with Gasteiger partial charge in [0.05, 0.1) is 18.9 Å². The van der Waals surface area contributed by atoms with Gasteiger partial charge in [-0.3, -0.25) is 4.98 Å². The fourth-order valence-electron chi connectivity index (χ4n) is 1.17. The van der Waals surface area contributed by atoms with Crippen molar-refractivity contribution in [3.05, 3.63) is 24.0 Å². The van der Waals surface area contributed by atoms with E-state index in [1.54, 1.807) is 12.3 Å². The van der Waals surface area contributed by atoms with Crippen molar-refractivity contribution in [3.8, 4) is 5.75 Å². The molecule has 2 unspecified atom stereocenters. The number of nitrogens with zero attached hydrogens (tertiary/aromatic N) is 1. The summed E-state index contributed by atoms with van der Waals surface area (Å²) in [5, 5.41) is 18.8. The molecule has 4 heteroatoms. The third-order valence-electron chi connectivity index (χ3n) is 2.01. The van der Waals surface area contributed by atoms with Gasteiger partial charge in [-0.25, -0.2) is 0 Å². The highest BCUT2D eigenvalue weighted by Crippen LogP contribution is 2.20. The molecule has 4 nitrogen and oxygen atoms in total. The van der Waals surface area contributed by atoms with Crippen LogP contribution in [0.15, 0.2) is 18.5 Å². The van der Waals surface area contributed by atoms with Crippen LogP contribution in [0.1, 0.15) is 31.9 Å². The molecule has 0 fully saturated rings. The molecule has 84 valence electrons. The SMILES string of the molecule is CCCOc1cncc(C(O)C(C)O)c1. The minimum atomic E-state index is -0.914. The van der Waals surface area contributed by atoms with Gasteiger partial charge in [0.2, 0.25) is 0 Å². The van der Waals surface area contributed by atoms with Crippen LogP contribution in [0.25, 0.3) is 0 Å². The molecule has 0 aromatic carbocycles. The van der Waals surface area contributed by atoms with Crippen molar-refractivity contribution in [2.75, 3.05) is 6.61 Å². The summed E-state index contributed by atoms with van der Waals surface area (Å²) in [6.07, 6.45) is 2.31. The van der Waals surface area contributed by atoms with E-state index in [1.807, 2.05) is 6.92 Å². The number of aliphatic hydroxyl groups excluding tert-OH is 2. The van der Waals surface area contributed by atoms with E-state index in [1.165, 1.54) is 13.1 Å². The highest BCUT2D eigenvalue weighted by atomic mass is 16.5. The predicted molar refractivity (Wildman–Crippen MR) is 56.7 cm³/mol. The first-order valence-corrected chi connectivity index (χ1v) is 5.09. The molecule has 0 radical (unpaired) electrons.